The van der Waals surface area contributed by atoms with Crippen molar-refractivity contribution in [1.82, 2.24) is 18.3 Å². The van der Waals surface area contributed by atoms with E-state index < -0.39 is 16.1 Å². The normalized spacial score (nSPS) is 15.6. The molecule has 14 aromatic carbocycles. The summed E-state index contributed by atoms with van der Waals surface area (Å²) in [4.78, 5) is 0. The second-order valence-corrected chi connectivity index (χ2v) is 31.7. The molecule has 0 unspecified atom stereocenters. The van der Waals surface area contributed by atoms with E-state index in [-0.39, 0.29) is 0 Å². The molecule has 4 aromatic heterocycles. The fourth-order valence-corrected chi connectivity index (χ4v) is 28.6. The van der Waals surface area contributed by atoms with E-state index in [1.165, 1.54) is 129 Å². The molecule has 0 fully saturated rings. The Kier molecular flexibility index (Phi) is 11.1. The molecule has 0 spiro atoms. The van der Waals surface area contributed by atoms with Crippen LogP contribution in [-0.2, 0) is 0 Å². The van der Waals surface area contributed by atoms with Gasteiger partial charge in [0.15, 0.2) is 16.1 Å². The van der Waals surface area contributed by atoms with E-state index >= 15 is 0 Å². The number of benzene rings is 14. The molecule has 19 rings (SSSR count). The summed E-state index contributed by atoms with van der Waals surface area (Å²) in [5.74, 6) is 0. The van der Waals surface area contributed by atoms with Crippen molar-refractivity contribution in [2.24, 2.45) is 0 Å². The summed E-state index contributed by atoms with van der Waals surface area (Å²) in [5.41, 5.74) is 14.2. The maximum Gasteiger partial charge on any atom is 0.179 e. The van der Waals surface area contributed by atoms with Crippen molar-refractivity contribution in [3.8, 4) is 22.7 Å². The lowest BCUT2D eigenvalue weighted by molar-refractivity contribution is 1.17. The molecule has 1 aliphatic heterocycles. The van der Waals surface area contributed by atoms with Gasteiger partial charge in [-0.15, -0.1) is 0 Å². The molecular weight excluding hydrogens is 1120 g/mol. The minimum Gasteiger partial charge on any atom is -0.309 e. The summed E-state index contributed by atoms with van der Waals surface area (Å²) >= 11 is 0. The first-order valence-electron chi connectivity index (χ1n) is 31.2. The third-order valence-electron chi connectivity index (χ3n) is 19.9. The molecule has 0 bridgehead atoms. The lowest BCUT2D eigenvalue weighted by atomic mass is 10.1. The standard InChI is InChI=1S/C84H56N4Si2/c1-3-27-61(28-4-1)89(63-31-23-25-57(53-63)85-77-43-17-11-37-69(77)71-55-59(49-51-79(71)85)87-73-39-13-7-33-65(73)66-34-8-14-40-74(66)87)81-45-19-21-47-83(81)90(62-29-5-2-6-30-62,84-48-22-20-46-82(84)89)64-32-24-26-58(54-64)86-78-44-18-12-38-70(78)72-56-60(50-52-80(72)86)88-75-41-15-9-35-67(75)68-36-10-16-42-76(68)88/h1-56H. The molecule has 90 heavy (non-hydrogen) atoms. The fraction of sp³-hybridized carbons (Fsp3) is 0. The topological polar surface area (TPSA) is 19.7 Å². The Balaban J connectivity index is 0.824. The average Bonchev–Trinajstić information content (AvgIpc) is 1.10. The molecule has 5 heterocycles. The summed E-state index contributed by atoms with van der Waals surface area (Å²) < 4.78 is 9.91. The van der Waals surface area contributed by atoms with Crippen LogP contribution in [0.5, 0.6) is 0 Å². The maximum atomic E-state index is 2.56. The number of para-hydroxylation sites is 6. The Morgan fingerprint density at radius 2 is 0.389 bits per heavy atom. The van der Waals surface area contributed by atoms with Gasteiger partial charge in [-0.25, -0.2) is 0 Å². The van der Waals surface area contributed by atoms with Crippen LogP contribution in [0.4, 0.5) is 0 Å². The van der Waals surface area contributed by atoms with Crippen LogP contribution < -0.4 is 41.5 Å². The second kappa shape index (κ2) is 19.6. The van der Waals surface area contributed by atoms with E-state index in [4.69, 9.17) is 0 Å². The van der Waals surface area contributed by atoms with Crippen LogP contribution in [0, 0.1) is 0 Å². The van der Waals surface area contributed by atoms with Gasteiger partial charge < -0.3 is 18.3 Å². The van der Waals surface area contributed by atoms with Crippen molar-refractivity contribution in [3.05, 3.63) is 340 Å². The van der Waals surface area contributed by atoms with Gasteiger partial charge in [0.1, 0.15) is 0 Å². The lowest BCUT2D eigenvalue weighted by Crippen LogP contribution is -2.93. The summed E-state index contributed by atoms with van der Waals surface area (Å²) in [6.07, 6.45) is 0. The fourth-order valence-electron chi connectivity index (χ4n) is 16.4. The van der Waals surface area contributed by atoms with Gasteiger partial charge in [-0.2, -0.15) is 0 Å². The van der Waals surface area contributed by atoms with Crippen LogP contribution in [0.1, 0.15) is 0 Å². The molecule has 0 N–H and O–H groups in total. The highest BCUT2D eigenvalue weighted by atomic mass is 28.3. The molecule has 0 amide bonds. The number of nitrogens with zero attached hydrogens (tertiary/aromatic N) is 4. The largest absolute Gasteiger partial charge is 0.309 e. The lowest BCUT2D eigenvalue weighted by Gasteiger charge is -2.48. The van der Waals surface area contributed by atoms with E-state index in [9.17, 15) is 0 Å². The molecule has 1 aliphatic rings. The van der Waals surface area contributed by atoms with E-state index in [1.54, 1.807) is 0 Å². The van der Waals surface area contributed by atoms with Crippen LogP contribution in [0.2, 0.25) is 0 Å². The molecule has 0 radical (unpaired) electrons. The van der Waals surface area contributed by atoms with E-state index in [0.29, 0.717) is 0 Å². The number of aromatic nitrogens is 4. The van der Waals surface area contributed by atoms with Crippen LogP contribution in [0.3, 0.4) is 0 Å². The zero-order valence-corrected chi connectivity index (χ0v) is 51.1. The zero-order valence-electron chi connectivity index (χ0n) is 49.1. The van der Waals surface area contributed by atoms with Crippen molar-refractivity contribution < 1.29 is 0 Å². The Morgan fingerprint density at radius 3 is 0.700 bits per heavy atom. The summed E-state index contributed by atoms with van der Waals surface area (Å²) in [7, 11) is -6.40. The van der Waals surface area contributed by atoms with Crippen molar-refractivity contribution in [3.63, 3.8) is 0 Å². The minimum atomic E-state index is -3.20. The smallest absolute Gasteiger partial charge is 0.179 e. The van der Waals surface area contributed by atoms with Crippen LogP contribution in [0.25, 0.3) is 110 Å². The number of fused-ring (bicyclic) bond motifs is 14. The van der Waals surface area contributed by atoms with E-state index in [1.807, 2.05) is 0 Å². The monoisotopic (exact) mass is 1180 g/mol. The third kappa shape index (κ3) is 7.00. The Morgan fingerprint density at radius 1 is 0.156 bits per heavy atom. The van der Waals surface area contributed by atoms with Gasteiger partial charge in [-0.05, 0) is 139 Å². The van der Waals surface area contributed by atoms with Gasteiger partial charge in [0.25, 0.3) is 0 Å². The first-order chi connectivity index (χ1) is 44.7. The van der Waals surface area contributed by atoms with Crippen LogP contribution in [0.15, 0.2) is 340 Å². The molecule has 6 heteroatoms. The van der Waals surface area contributed by atoms with Crippen LogP contribution in [-0.4, -0.2) is 34.4 Å². The van der Waals surface area contributed by atoms with E-state index in [0.717, 1.165) is 22.7 Å². The molecular formula is C84H56N4Si2. The van der Waals surface area contributed by atoms with Gasteiger partial charge >= 0.3 is 0 Å². The Hall–Kier alpha value is -11.3. The molecule has 18 aromatic rings. The van der Waals surface area contributed by atoms with Gasteiger partial charge in [-0.3, -0.25) is 0 Å². The Labute approximate surface area is 522 Å². The minimum absolute atomic E-state index is 1.15. The van der Waals surface area contributed by atoms with E-state index in [2.05, 4.69) is 358 Å². The number of hydrogen-bond donors (Lipinski definition) is 0. The van der Waals surface area contributed by atoms with Crippen molar-refractivity contribution in [2.75, 3.05) is 0 Å². The molecule has 0 saturated heterocycles. The molecule has 0 atom stereocenters. The average molecular weight is 1180 g/mol. The number of hydrogen-bond acceptors (Lipinski definition) is 0. The summed E-state index contributed by atoms with van der Waals surface area (Å²) in [5, 5.41) is 21.2. The molecule has 420 valence electrons. The predicted octanol–water partition coefficient (Wildman–Crippen LogP) is 15.1. The van der Waals surface area contributed by atoms with Crippen molar-refractivity contribution in [2.45, 2.75) is 0 Å². The third-order valence-corrected chi connectivity index (χ3v) is 30.2. The Bertz CT molecular complexity index is 5430. The highest BCUT2D eigenvalue weighted by molar-refractivity contribution is 7.33. The first-order valence-corrected chi connectivity index (χ1v) is 35.2. The molecule has 0 saturated carbocycles. The first kappa shape index (κ1) is 50.8. The highest BCUT2D eigenvalue weighted by Gasteiger charge is 2.56. The highest BCUT2D eigenvalue weighted by Crippen LogP contribution is 2.40. The molecule has 4 nitrogen and oxygen atoms in total. The molecule has 0 aliphatic carbocycles. The SMILES string of the molecule is c1ccc([Si]2(c3cccc(-n4c5ccccc5c5cc(-n6c7ccccc7c7ccccc76)ccc54)c3)c3ccccc3[Si](c3ccccc3)(c3cccc(-n4c5ccccc5c5cc(-n6c7ccccc7c7ccccc76)ccc54)c3)c3ccccc32)cc1. The van der Waals surface area contributed by atoms with Gasteiger partial charge in [0, 0.05) is 65.8 Å². The maximum absolute atomic E-state index is 3.20. The van der Waals surface area contributed by atoms with Gasteiger partial charge in [0.05, 0.1) is 44.1 Å². The van der Waals surface area contributed by atoms with Crippen molar-refractivity contribution >= 4 is 145 Å². The van der Waals surface area contributed by atoms with Gasteiger partial charge in [0.2, 0.25) is 0 Å². The second-order valence-electron chi connectivity index (χ2n) is 24.3. The summed E-state index contributed by atoms with van der Waals surface area (Å²) in [6, 6.07) is 129. The van der Waals surface area contributed by atoms with Gasteiger partial charge in [-0.1, -0.05) is 243 Å². The summed E-state index contributed by atoms with van der Waals surface area (Å²) in [6.45, 7) is 0. The number of rotatable bonds is 8. The predicted molar refractivity (Wildman–Crippen MR) is 385 cm³/mol. The van der Waals surface area contributed by atoms with Crippen LogP contribution >= 0.6 is 0 Å². The van der Waals surface area contributed by atoms with Crippen molar-refractivity contribution in [1.29, 1.82) is 0 Å². The quantitative estimate of drug-likeness (QED) is 0.135. The zero-order chi connectivity index (χ0) is 59.1.